The molecule has 0 unspecified atom stereocenters. The van der Waals surface area contributed by atoms with Gasteiger partial charge in [-0.2, -0.15) is 0 Å². The quantitative estimate of drug-likeness (QED) is 0.797. The fraction of sp³-hybridized carbons (Fsp3) is 0.176. The van der Waals surface area contributed by atoms with Crippen LogP contribution in [0, 0.1) is 11.8 Å². The fourth-order valence-electron chi connectivity index (χ4n) is 1.66. The van der Waals surface area contributed by atoms with Crippen molar-refractivity contribution in [3.63, 3.8) is 0 Å². The predicted octanol–water partition coefficient (Wildman–Crippen LogP) is 3.13. The van der Waals surface area contributed by atoms with E-state index < -0.39 is 0 Å². The van der Waals surface area contributed by atoms with Crippen molar-refractivity contribution >= 4 is 0 Å². The largest absolute Gasteiger partial charge is 0.497 e. The average molecular weight is 268 g/mol. The van der Waals surface area contributed by atoms with Crippen molar-refractivity contribution in [2.75, 3.05) is 20.8 Å². The Labute approximate surface area is 119 Å². The molecule has 3 nitrogen and oxygen atoms in total. The zero-order valence-corrected chi connectivity index (χ0v) is 11.6. The van der Waals surface area contributed by atoms with E-state index in [1.165, 1.54) is 0 Å². The normalized spacial score (nSPS) is 9.30. The van der Waals surface area contributed by atoms with Crippen molar-refractivity contribution in [3.05, 3.63) is 54.1 Å². The van der Waals surface area contributed by atoms with E-state index in [1.54, 1.807) is 14.2 Å². The Balaban J connectivity index is 1.94. The molecule has 0 fully saturated rings. The second-order valence-corrected chi connectivity index (χ2v) is 3.97. The number of hydrogen-bond acceptors (Lipinski definition) is 3. The van der Waals surface area contributed by atoms with Gasteiger partial charge in [-0.05, 0) is 36.4 Å². The molecule has 102 valence electrons. The minimum atomic E-state index is 0.312. The van der Waals surface area contributed by atoms with Crippen LogP contribution in [0.2, 0.25) is 0 Å². The standard InChI is InChI=1S/C17H16O3/c1-18-15-11-9-14(10-12-15)6-5-13-20-17-8-4-3-7-16(17)19-2/h3-4,7-12H,13H2,1-2H3. The van der Waals surface area contributed by atoms with E-state index in [2.05, 4.69) is 11.8 Å². The highest BCUT2D eigenvalue weighted by molar-refractivity contribution is 5.40. The first-order valence-electron chi connectivity index (χ1n) is 6.22. The summed E-state index contributed by atoms with van der Waals surface area (Å²) in [5, 5.41) is 0. The molecular formula is C17H16O3. The smallest absolute Gasteiger partial charge is 0.162 e. The molecule has 0 saturated carbocycles. The molecule has 0 aliphatic rings. The van der Waals surface area contributed by atoms with Crippen molar-refractivity contribution in [2.45, 2.75) is 0 Å². The Kier molecular flexibility index (Phi) is 4.91. The molecule has 0 amide bonds. The predicted molar refractivity (Wildman–Crippen MR) is 78.4 cm³/mol. The lowest BCUT2D eigenvalue weighted by molar-refractivity contribution is 0.331. The van der Waals surface area contributed by atoms with Gasteiger partial charge in [-0.3, -0.25) is 0 Å². The fourth-order valence-corrected chi connectivity index (χ4v) is 1.66. The van der Waals surface area contributed by atoms with Crippen molar-refractivity contribution < 1.29 is 14.2 Å². The third-order valence-electron chi connectivity index (χ3n) is 2.69. The summed E-state index contributed by atoms with van der Waals surface area (Å²) in [6.45, 7) is 0.312. The molecule has 0 aliphatic heterocycles. The van der Waals surface area contributed by atoms with Crippen molar-refractivity contribution in [2.24, 2.45) is 0 Å². The number of benzene rings is 2. The lowest BCUT2D eigenvalue weighted by atomic mass is 10.2. The molecule has 20 heavy (non-hydrogen) atoms. The Morgan fingerprint density at radius 3 is 2.20 bits per heavy atom. The van der Waals surface area contributed by atoms with Crippen LogP contribution in [0.1, 0.15) is 5.56 Å². The molecule has 0 saturated heterocycles. The molecule has 0 aromatic heterocycles. The molecule has 0 atom stereocenters. The summed E-state index contributed by atoms with van der Waals surface area (Å²) in [5.41, 5.74) is 0.925. The highest BCUT2D eigenvalue weighted by atomic mass is 16.5. The van der Waals surface area contributed by atoms with E-state index in [1.807, 2.05) is 48.5 Å². The lowest BCUT2D eigenvalue weighted by Gasteiger charge is -2.07. The molecule has 3 heteroatoms. The number of methoxy groups -OCH3 is 2. The van der Waals surface area contributed by atoms with Gasteiger partial charge in [0.25, 0.3) is 0 Å². The summed E-state index contributed by atoms with van der Waals surface area (Å²) < 4.78 is 15.9. The number of rotatable bonds is 4. The van der Waals surface area contributed by atoms with Crippen LogP contribution in [0.15, 0.2) is 48.5 Å². The van der Waals surface area contributed by atoms with Crippen LogP contribution in [0.25, 0.3) is 0 Å². The Morgan fingerprint density at radius 2 is 1.55 bits per heavy atom. The summed E-state index contributed by atoms with van der Waals surface area (Å²) in [4.78, 5) is 0. The monoisotopic (exact) mass is 268 g/mol. The maximum Gasteiger partial charge on any atom is 0.162 e. The molecule has 0 spiro atoms. The van der Waals surface area contributed by atoms with Gasteiger partial charge in [-0.15, -0.1) is 0 Å². The van der Waals surface area contributed by atoms with E-state index in [0.717, 1.165) is 11.3 Å². The van der Waals surface area contributed by atoms with E-state index in [9.17, 15) is 0 Å². The van der Waals surface area contributed by atoms with Gasteiger partial charge < -0.3 is 14.2 Å². The Hall–Kier alpha value is -2.60. The molecular weight excluding hydrogens is 252 g/mol. The average Bonchev–Trinajstić information content (AvgIpc) is 2.52. The van der Waals surface area contributed by atoms with E-state index in [-0.39, 0.29) is 0 Å². The Morgan fingerprint density at radius 1 is 0.850 bits per heavy atom. The topological polar surface area (TPSA) is 27.7 Å². The van der Waals surface area contributed by atoms with Gasteiger partial charge in [0.05, 0.1) is 14.2 Å². The first-order valence-corrected chi connectivity index (χ1v) is 6.22. The summed E-state index contributed by atoms with van der Waals surface area (Å²) in [6.07, 6.45) is 0. The summed E-state index contributed by atoms with van der Waals surface area (Å²) in [5.74, 6) is 8.22. The van der Waals surface area contributed by atoms with E-state index in [0.29, 0.717) is 18.1 Å². The maximum atomic E-state index is 5.57. The molecule has 0 aliphatic carbocycles. The number of hydrogen-bond donors (Lipinski definition) is 0. The lowest BCUT2D eigenvalue weighted by Crippen LogP contribution is -1.96. The molecule has 2 aromatic rings. The zero-order chi connectivity index (χ0) is 14.2. The molecule has 2 aromatic carbocycles. The van der Waals surface area contributed by atoms with Crippen molar-refractivity contribution in [1.82, 2.24) is 0 Å². The van der Waals surface area contributed by atoms with Crippen molar-refractivity contribution in [1.29, 1.82) is 0 Å². The molecule has 0 heterocycles. The molecule has 0 N–H and O–H groups in total. The van der Waals surface area contributed by atoms with Gasteiger partial charge in [-0.1, -0.05) is 24.0 Å². The highest BCUT2D eigenvalue weighted by Gasteiger charge is 2.00. The third kappa shape index (κ3) is 3.69. The second-order valence-electron chi connectivity index (χ2n) is 3.97. The second kappa shape index (κ2) is 7.10. The van der Waals surface area contributed by atoms with Crippen LogP contribution in [0.3, 0.4) is 0 Å². The van der Waals surface area contributed by atoms with E-state index in [4.69, 9.17) is 14.2 Å². The number of ether oxygens (including phenoxy) is 3. The zero-order valence-electron chi connectivity index (χ0n) is 11.6. The molecule has 0 radical (unpaired) electrons. The maximum absolute atomic E-state index is 5.57. The highest BCUT2D eigenvalue weighted by Crippen LogP contribution is 2.25. The van der Waals surface area contributed by atoms with Crippen LogP contribution < -0.4 is 14.2 Å². The SMILES string of the molecule is COc1ccc(C#CCOc2ccccc2OC)cc1. The van der Waals surface area contributed by atoms with Crippen molar-refractivity contribution in [3.8, 4) is 29.1 Å². The third-order valence-corrected chi connectivity index (χ3v) is 2.69. The minimum absolute atomic E-state index is 0.312. The van der Waals surface area contributed by atoms with Gasteiger partial charge in [0, 0.05) is 5.56 Å². The van der Waals surface area contributed by atoms with Crippen LogP contribution in [-0.4, -0.2) is 20.8 Å². The van der Waals surface area contributed by atoms with Crippen LogP contribution in [0.4, 0.5) is 0 Å². The van der Waals surface area contributed by atoms with Crippen LogP contribution in [0.5, 0.6) is 17.2 Å². The van der Waals surface area contributed by atoms with Gasteiger partial charge in [0.1, 0.15) is 12.4 Å². The van der Waals surface area contributed by atoms with Crippen LogP contribution in [-0.2, 0) is 0 Å². The minimum Gasteiger partial charge on any atom is -0.497 e. The summed E-state index contributed by atoms with van der Waals surface area (Å²) in [6, 6.07) is 15.1. The Bertz CT molecular complexity index is 606. The summed E-state index contributed by atoms with van der Waals surface area (Å²) in [7, 11) is 3.26. The molecule has 0 bridgehead atoms. The van der Waals surface area contributed by atoms with E-state index >= 15 is 0 Å². The number of para-hydroxylation sites is 2. The molecule has 2 rings (SSSR count). The van der Waals surface area contributed by atoms with Crippen LogP contribution >= 0.6 is 0 Å². The van der Waals surface area contributed by atoms with Gasteiger partial charge in [0.2, 0.25) is 0 Å². The van der Waals surface area contributed by atoms with Gasteiger partial charge in [-0.25, -0.2) is 0 Å². The first kappa shape index (κ1) is 13.8. The van der Waals surface area contributed by atoms with Gasteiger partial charge in [0.15, 0.2) is 11.5 Å². The first-order chi connectivity index (χ1) is 9.83. The summed E-state index contributed by atoms with van der Waals surface area (Å²) >= 11 is 0. The van der Waals surface area contributed by atoms with Gasteiger partial charge >= 0.3 is 0 Å².